The van der Waals surface area contributed by atoms with Gasteiger partial charge in [0.2, 0.25) is 0 Å². The molecule has 0 aromatic carbocycles. The lowest BCUT2D eigenvalue weighted by Gasteiger charge is -1.99. The maximum atomic E-state index is 11.2. The van der Waals surface area contributed by atoms with E-state index in [2.05, 4.69) is 15.0 Å². The van der Waals surface area contributed by atoms with Crippen LogP contribution in [0.15, 0.2) is 45.6 Å². The van der Waals surface area contributed by atoms with Gasteiger partial charge in [-0.05, 0) is 23.9 Å². The Morgan fingerprint density at radius 1 is 1.33 bits per heavy atom. The number of H-pyrrole nitrogens is 1. The minimum absolute atomic E-state index is 0.0909. The van der Waals surface area contributed by atoms with Crippen molar-refractivity contribution in [3.05, 3.63) is 46.1 Å². The Kier molecular flexibility index (Phi) is 3.03. The fraction of sp³-hybridized carbons (Fsp3) is 0. The Morgan fingerprint density at radius 2 is 2.20 bits per heavy atom. The summed E-state index contributed by atoms with van der Waals surface area (Å²) in [6.07, 6.45) is 2.99. The first-order valence-electron chi connectivity index (χ1n) is 4.09. The summed E-state index contributed by atoms with van der Waals surface area (Å²) in [5.41, 5.74) is -0.343. The van der Waals surface area contributed by atoms with E-state index in [1.807, 2.05) is 18.2 Å². The predicted molar refractivity (Wildman–Crippen MR) is 58.2 cm³/mol. The Balaban J connectivity index is 2.33. The van der Waals surface area contributed by atoms with E-state index in [4.69, 9.17) is 11.6 Å². The Morgan fingerprint density at radius 3 is 2.93 bits per heavy atom. The minimum atomic E-state index is -0.343. The standard InChI is InChI=1S/C9H6ClN3OS/c10-7-8(14)12-5-13-9(7)15-6-3-1-2-4-11-6/h1-5H,(H,12,13,14). The molecule has 2 aromatic rings. The van der Waals surface area contributed by atoms with Gasteiger partial charge in [0, 0.05) is 6.20 Å². The summed E-state index contributed by atoms with van der Waals surface area (Å²) in [6, 6.07) is 5.50. The molecule has 2 rings (SSSR count). The SMILES string of the molecule is O=c1[nH]cnc(Sc2ccccn2)c1Cl. The monoisotopic (exact) mass is 239 g/mol. The van der Waals surface area contributed by atoms with Gasteiger partial charge in [-0.15, -0.1) is 0 Å². The lowest BCUT2D eigenvalue weighted by Crippen LogP contribution is -2.07. The number of hydrogen-bond donors (Lipinski definition) is 1. The van der Waals surface area contributed by atoms with Crippen molar-refractivity contribution in [1.29, 1.82) is 0 Å². The van der Waals surface area contributed by atoms with Crippen LogP contribution in [0.4, 0.5) is 0 Å². The number of rotatable bonds is 2. The molecule has 15 heavy (non-hydrogen) atoms. The van der Waals surface area contributed by atoms with E-state index in [0.29, 0.717) is 5.03 Å². The number of pyridine rings is 1. The molecule has 0 amide bonds. The van der Waals surface area contributed by atoms with Crippen LogP contribution in [0.2, 0.25) is 5.02 Å². The highest BCUT2D eigenvalue weighted by atomic mass is 35.5. The van der Waals surface area contributed by atoms with E-state index in [9.17, 15) is 4.79 Å². The van der Waals surface area contributed by atoms with Gasteiger partial charge in [0.25, 0.3) is 5.56 Å². The molecule has 0 aliphatic rings. The molecule has 0 aliphatic carbocycles. The summed E-state index contributed by atoms with van der Waals surface area (Å²) in [5, 5.41) is 1.30. The third-order valence-corrected chi connectivity index (χ3v) is 3.02. The van der Waals surface area contributed by atoms with E-state index < -0.39 is 0 Å². The van der Waals surface area contributed by atoms with Gasteiger partial charge in [0.15, 0.2) is 0 Å². The van der Waals surface area contributed by atoms with E-state index in [0.717, 1.165) is 5.03 Å². The summed E-state index contributed by atoms with van der Waals surface area (Å²) >= 11 is 7.04. The molecular formula is C9H6ClN3OS. The summed E-state index contributed by atoms with van der Waals surface area (Å²) in [5.74, 6) is 0. The Labute approximate surface area is 94.7 Å². The first kappa shape index (κ1) is 10.2. The third-order valence-electron chi connectivity index (χ3n) is 1.60. The third kappa shape index (κ3) is 2.37. The molecule has 0 unspecified atom stereocenters. The van der Waals surface area contributed by atoms with E-state index in [-0.39, 0.29) is 10.6 Å². The maximum absolute atomic E-state index is 11.2. The highest BCUT2D eigenvalue weighted by Crippen LogP contribution is 2.27. The van der Waals surface area contributed by atoms with Crippen LogP contribution in [0.5, 0.6) is 0 Å². The van der Waals surface area contributed by atoms with E-state index >= 15 is 0 Å². The van der Waals surface area contributed by atoms with Gasteiger partial charge in [0.05, 0.1) is 6.33 Å². The van der Waals surface area contributed by atoms with Gasteiger partial charge in [-0.2, -0.15) is 0 Å². The summed E-state index contributed by atoms with van der Waals surface area (Å²) in [6.45, 7) is 0. The van der Waals surface area contributed by atoms with E-state index in [1.54, 1.807) is 6.20 Å². The molecule has 0 spiro atoms. The maximum Gasteiger partial charge on any atom is 0.270 e. The van der Waals surface area contributed by atoms with Crippen LogP contribution in [0.3, 0.4) is 0 Å². The van der Waals surface area contributed by atoms with Gasteiger partial charge in [-0.25, -0.2) is 9.97 Å². The summed E-state index contributed by atoms with van der Waals surface area (Å²) in [4.78, 5) is 21.6. The molecular weight excluding hydrogens is 234 g/mol. The molecule has 6 heteroatoms. The summed E-state index contributed by atoms with van der Waals surface area (Å²) in [7, 11) is 0. The largest absolute Gasteiger partial charge is 0.312 e. The molecule has 0 atom stereocenters. The molecule has 2 heterocycles. The van der Waals surface area contributed by atoms with Crippen LogP contribution in [0.1, 0.15) is 0 Å². The van der Waals surface area contributed by atoms with Crippen LogP contribution < -0.4 is 5.56 Å². The predicted octanol–water partition coefficient (Wildman–Crippen LogP) is 1.97. The number of aromatic amines is 1. The minimum Gasteiger partial charge on any atom is -0.312 e. The first-order chi connectivity index (χ1) is 7.27. The van der Waals surface area contributed by atoms with Crippen LogP contribution in [0, 0.1) is 0 Å². The smallest absolute Gasteiger partial charge is 0.270 e. The zero-order chi connectivity index (χ0) is 10.7. The van der Waals surface area contributed by atoms with Gasteiger partial charge in [-0.1, -0.05) is 17.7 Å². The molecule has 0 saturated heterocycles. The van der Waals surface area contributed by atoms with Crippen LogP contribution in [-0.2, 0) is 0 Å². The molecule has 0 fully saturated rings. The number of nitrogens with one attached hydrogen (secondary N) is 1. The zero-order valence-electron chi connectivity index (χ0n) is 7.48. The van der Waals surface area contributed by atoms with Crippen molar-refractivity contribution in [2.75, 3.05) is 0 Å². The fourth-order valence-corrected chi connectivity index (χ4v) is 1.91. The van der Waals surface area contributed by atoms with Crippen molar-refractivity contribution < 1.29 is 0 Å². The van der Waals surface area contributed by atoms with Crippen molar-refractivity contribution >= 4 is 23.4 Å². The van der Waals surface area contributed by atoms with Crippen molar-refractivity contribution in [2.45, 2.75) is 10.1 Å². The van der Waals surface area contributed by atoms with Crippen LogP contribution in [-0.4, -0.2) is 15.0 Å². The quantitative estimate of drug-likeness (QED) is 0.814. The molecule has 0 saturated carbocycles. The van der Waals surface area contributed by atoms with Gasteiger partial charge in [0.1, 0.15) is 15.1 Å². The number of aromatic nitrogens is 3. The molecule has 2 aromatic heterocycles. The summed E-state index contributed by atoms with van der Waals surface area (Å²) < 4.78 is 0. The van der Waals surface area contributed by atoms with Gasteiger partial charge in [-0.3, -0.25) is 4.79 Å². The molecule has 0 aliphatic heterocycles. The normalized spacial score (nSPS) is 10.2. The highest BCUT2D eigenvalue weighted by Gasteiger charge is 2.07. The second kappa shape index (κ2) is 4.46. The Hall–Kier alpha value is -1.33. The fourth-order valence-electron chi connectivity index (χ4n) is 0.944. The van der Waals surface area contributed by atoms with Crippen LogP contribution in [0.25, 0.3) is 0 Å². The van der Waals surface area contributed by atoms with Gasteiger partial charge >= 0.3 is 0 Å². The zero-order valence-corrected chi connectivity index (χ0v) is 9.05. The molecule has 76 valence electrons. The van der Waals surface area contributed by atoms with Crippen molar-refractivity contribution in [2.24, 2.45) is 0 Å². The van der Waals surface area contributed by atoms with Crippen molar-refractivity contribution in [1.82, 2.24) is 15.0 Å². The lowest BCUT2D eigenvalue weighted by molar-refractivity contribution is 1.01. The van der Waals surface area contributed by atoms with E-state index in [1.165, 1.54) is 18.1 Å². The molecule has 0 radical (unpaired) electrons. The average Bonchev–Trinajstić information content (AvgIpc) is 2.26. The first-order valence-corrected chi connectivity index (χ1v) is 5.29. The molecule has 0 bridgehead atoms. The number of hydrogen-bond acceptors (Lipinski definition) is 4. The average molecular weight is 240 g/mol. The second-order valence-corrected chi connectivity index (χ2v) is 4.01. The molecule has 1 N–H and O–H groups in total. The number of nitrogens with zero attached hydrogens (tertiary/aromatic N) is 2. The van der Waals surface area contributed by atoms with Crippen molar-refractivity contribution in [3.63, 3.8) is 0 Å². The topological polar surface area (TPSA) is 58.6 Å². The van der Waals surface area contributed by atoms with Crippen LogP contribution >= 0.6 is 23.4 Å². The van der Waals surface area contributed by atoms with Crippen molar-refractivity contribution in [3.8, 4) is 0 Å². The second-order valence-electron chi connectivity index (χ2n) is 2.62. The Bertz CT molecular complexity index is 514. The lowest BCUT2D eigenvalue weighted by atomic mass is 10.5. The number of halogens is 1. The van der Waals surface area contributed by atoms with Gasteiger partial charge < -0.3 is 4.98 Å². The molecule has 4 nitrogen and oxygen atoms in total. The highest BCUT2D eigenvalue weighted by molar-refractivity contribution is 7.99.